The van der Waals surface area contributed by atoms with E-state index in [1.165, 1.54) is 0 Å². The Bertz CT molecular complexity index is 790. The molecule has 0 aromatic heterocycles. The van der Waals surface area contributed by atoms with Crippen molar-refractivity contribution in [1.82, 2.24) is 0 Å². The lowest BCUT2D eigenvalue weighted by molar-refractivity contribution is -0.154. The van der Waals surface area contributed by atoms with Crippen LogP contribution >= 0.6 is 0 Å². The fraction of sp³-hybridized carbons (Fsp3) is 0.0556. The molecule has 0 saturated carbocycles. The number of carboxylic acid groups (broad SMARTS) is 1. The molecule has 104 valence electrons. The molecule has 3 nitrogen and oxygen atoms in total. The fourth-order valence-electron chi connectivity index (χ4n) is 2.61. The standard InChI is InChI=1S/C18H14O3/c19-17(20)18(21,14-9-2-1-3-10-14)16-12-6-8-13-7-4-5-11-15(13)16/h1-12,21H,(H,19,20)/t18-/m1/s1. The van der Waals surface area contributed by atoms with Gasteiger partial charge in [0.2, 0.25) is 5.60 Å². The van der Waals surface area contributed by atoms with Crippen LogP contribution in [0.5, 0.6) is 0 Å². The molecule has 0 heterocycles. The highest BCUT2D eigenvalue weighted by Crippen LogP contribution is 2.34. The Morgan fingerprint density at radius 1 is 0.810 bits per heavy atom. The summed E-state index contributed by atoms with van der Waals surface area (Å²) < 4.78 is 0. The quantitative estimate of drug-likeness (QED) is 0.773. The minimum Gasteiger partial charge on any atom is -0.479 e. The molecule has 21 heavy (non-hydrogen) atoms. The van der Waals surface area contributed by atoms with E-state index in [0.29, 0.717) is 11.1 Å². The molecule has 0 radical (unpaired) electrons. The summed E-state index contributed by atoms with van der Waals surface area (Å²) in [7, 11) is 0. The molecule has 3 heteroatoms. The summed E-state index contributed by atoms with van der Waals surface area (Å²) in [6, 6.07) is 21.2. The maximum Gasteiger partial charge on any atom is 0.345 e. The Morgan fingerprint density at radius 2 is 1.43 bits per heavy atom. The van der Waals surface area contributed by atoms with Crippen molar-refractivity contribution < 1.29 is 15.0 Å². The molecule has 0 fully saturated rings. The van der Waals surface area contributed by atoms with E-state index in [0.717, 1.165) is 10.8 Å². The molecular weight excluding hydrogens is 264 g/mol. The van der Waals surface area contributed by atoms with Crippen LogP contribution in [0.25, 0.3) is 10.8 Å². The van der Waals surface area contributed by atoms with Gasteiger partial charge in [-0.2, -0.15) is 0 Å². The summed E-state index contributed by atoms with van der Waals surface area (Å²) >= 11 is 0. The third-order valence-electron chi connectivity index (χ3n) is 3.68. The molecule has 0 aliphatic rings. The third kappa shape index (κ3) is 2.08. The Labute approximate surface area is 122 Å². The lowest BCUT2D eigenvalue weighted by Gasteiger charge is -2.26. The number of benzene rings is 3. The van der Waals surface area contributed by atoms with E-state index in [1.807, 2.05) is 30.3 Å². The van der Waals surface area contributed by atoms with Crippen LogP contribution < -0.4 is 0 Å². The molecule has 1 atom stereocenters. The van der Waals surface area contributed by atoms with Crippen LogP contribution in [0.2, 0.25) is 0 Å². The van der Waals surface area contributed by atoms with Crippen LogP contribution in [-0.2, 0) is 10.4 Å². The van der Waals surface area contributed by atoms with E-state index in [-0.39, 0.29) is 0 Å². The zero-order chi connectivity index (χ0) is 14.9. The second kappa shape index (κ2) is 5.04. The topological polar surface area (TPSA) is 57.5 Å². The number of hydrogen-bond acceptors (Lipinski definition) is 2. The van der Waals surface area contributed by atoms with Gasteiger partial charge in [0.05, 0.1) is 0 Å². The maximum atomic E-state index is 11.8. The molecule has 2 N–H and O–H groups in total. The predicted octanol–water partition coefficient (Wildman–Crippen LogP) is 3.16. The van der Waals surface area contributed by atoms with Crippen LogP contribution in [-0.4, -0.2) is 16.2 Å². The highest BCUT2D eigenvalue weighted by molar-refractivity contribution is 5.94. The second-order valence-electron chi connectivity index (χ2n) is 4.91. The number of aliphatic carboxylic acids is 1. The van der Waals surface area contributed by atoms with Gasteiger partial charge < -0.3 is 10.2 Å². The van der Waals surface area contributed by atoms with Crippen LogP contribution in [0.15, 0.2) is 72.8 Å². The molecule has 3 rings (SSSR count). The summed E-state index contributed by atoms with van der Waals surface area (Å²) in [6.07, 6.45) is 0. The van der Waals surface area contributed by atoms with E-state index in [2.05, 4.69) is 0 Å². The summed E-state index contributed by atoms with van der Waals surface area (Å²) in [5, 5.41) is 22.2. The summed E-state index contributed by atoms with van der Waals surface area (Å²) in [5.74, 6) is -1.29. The minimum atomic E-state index is -2.07. The van der Waals surface area contributed by atoms with Crippen molar-refractivity contribution in [2.24, 2.45) is 0 Å². The lowest BCUT2D eigenvalue weighted by atomic mass is 9.83. The van der Waals surface area contributed by atoms with E-state index in [9.17, 15) is 15.0 Å². The zero-order valence-corrected chi connectivity index (χ0v) is 11.2. The SMILES string of the molecule is O=C(O)[C@@](O)(c1ccccc1)c1cccc2ccccc12. The van der Waals surface area contributed by atoms with Crippen molar-refractivity contribution in [2.75, 3.05) is 0 Å². The van der Waals surface area contributed by atoms with Gasteiger partial charge in [0.25, 0.3) is 0 Å². The molecule has 0 bridgehead atoms. The molecule has 0 spiro atoms. The van der Waals surface area contributed by atoms with Crippen molar-refractivity contribution >= 4 is 16.7 Å². The van der Waals surface area contributed by atoms with Crippen molar-refractivity contribution in [1.29, 1.82) is 0 Å². The van der Waals surface area contributed by atoms with Crippen molar-refractivity contribution in [3.8, 4) is 0 Å². The highest BCUT2D eigenvalue weighted by Gasteiger charge is 2.41. The molecule has 0 aliphatic heterocycles. The molecule has 0 unspecified atom stereocenters. The first kappa shape index (κ1) is 13.3. The minimum absolute atomic E-state index is 0.342. The van der Waals surface area contributed by atoms with Crippen molar-refractivity contribution in [3.63, 3.8) is 0 Å². The normalized spacial score (nSPS) is 13.8. The van der Waals surface area contributed by atoms with Crippen LogP contribution in [0.4, 0.5) is 0 Å². The first-order valence-corrected chi connectivity index (χ1v) is 6.63. The Morgan fingerprint density at radius 3 is 2.14 bits per heavy atom. The van der Waals surface area contributed by atoms with Crippen molar-refractivity contribution in [2.45, 2.75) is 5.60 Å². The van der Waals surface area contributed by atoms with Crippen LogP contribution in [0, 0.1) is 0 Å². The monoisotopic (exact) mass is 278 g/mol. The Balaban J connectivity index is 2.34. The van der Waals surface area contributed by atoms with Gasteiger partial charge in [-0.15, -0.1) is 0 Å². The van der Waals surface area contributed by atoms with Crippen LogP contribution in [0.1, 0.15) is 11.1 Å². The zero-order valence-electron chi connectivity index (χ0n) is 11.2. The number of rotatable bonds is 3. The van der Waals surface area contributed by atoms with E-state index in [4.69, 9.17) is 0 Å². The number of carboxylic acids is 1. The van der Waals surface area contributed by atoms with Gasteiger partial charge in [-0.05, 0) is 16.3 Å². The van der Waals surface area contributed by atoms with Crippen molar-refractivity contribution in [3.05, 3.63) is 83.9 Å². The van der Waals surface area contributed by atoms with Gasteiger partial charge in [-0.25, -0.2) is 4.79 Å². The lowest BCUT2D eigenvalue weighted by Crippen LogP contribution is -2.37. The second-order valence-corrected chi connectivity index (χ2v) is 4.91. The molecule has 0 amide bonds. The average molecular weight is 278 g/mol. The Kier molecular flexibility index (Phi) is 3.20. The van der Waals surface area contributed by atoms with Gasteiger partial charge in [-0.3, -0.25) is 0 Å². The third-order valence-corrected chi connectivity index (χ3v) is 3.68. The summed E-state index contributed by atoms with van der Waals surface area (Å²) in [5.41, 5.74) is -1.35. The number of fused-ring (bicyclic) bond motifs is 1. The highest BCUT2D eigenvalue weighted by atomic mass is 16.4. The van der Waals surface area contributed by atoms with E-state index in [1.54, 1.807) is 42.5 Å². The van der Waals surface area contributed by atoms with Gasteiger partial charge >= 0.3 is 5.97 Å². The van der Waals surface area contributed by atoms with E-state index < -0.39 is 11.6 Å². The molecule has 3 aromatic carbocycles. The summed E-state index contributed by atoms with van der Waals surface area (Å²) in [6.45, 7) is 0. The molecule has 3 aromatic rings. The van der Waals surface area contributed by atoms with E-state index >= 15 is 0 Å². The maximum absolute atomic E-state index is 11.8. The first-order valence-electron chi connectivity index (χ1n) is 6.63. The predicted molar refractivity (Wildman–Crippen MR) is 81.0 cm³/mol. The van der Waals surface area contributed by atoms with Gasteiger partial charge in [0.1, 0.15) is 0 Å². The number of hydrogen-bond donors (Lipinski definition) is 2. The average Bonchev–Trinajstić information content (AvgIpc) is 2.54. The first-order chi connectivity index (χ1) is 10.1. The van der Waals surface area contributed by atoms with Gasteiger partial charge in [0, 0.05) is 5.56 Å². The molecular formula is C18H14O3. The largest absolute Gasteiger partial charge is 0.479 e. The van der Waals surface area contributed by atoms with Gasteiger partial charge in [0.15, 0.2) is 0 Å². The van der Waals surface area contributed by atoms with Crippen LogP contribution in [0.3, 0.4) is 0 Å². The molecule has 0 saturated heterocycles. The smallest absolute Gasteiger partial charge is 0.345 e. The van der Waals surface area contributed by atoms with Gasteiger partial charge in [-0.1, -0.05) is 72.8 Å². The Hall–Kier alpha value is -2.65. The summed E-state index contributed by atoms with van der Waals surface area (Å²) in [4.78, 5) is 11.8. The number of aliphatic hydroxyl groups is 1. The number of carbonyl (C=O) groups is 1. The fourth-order valence-corrected chi connectivity index (χ4v) is 2.61. The molecule has 0 aliphatic carbocycles.